The van der Waals surface area contributed by atoms with Gasteiger partial charge in [0.1, 0.15) is 0 Å². The van der Waals surface area contributed by atoms with Crippen LogP contribution >= 0.6 is 0 Å². The maximum atomic E-state index is 12.4. The maximum Gasteiger partial charge on any atom is 0.279 e. The molecular weight excluding hydrogens is 282 g/mol. The average Bonchev–Trinajstić information content (AvgIpc) is 2.85. The molecule has 2 unspecified atom stereocenters. The molecule has 1 aliphatic carbocycles. The summed E-state index contributed by atoms with van der Waals surface area (Å²) in [4.78, 5) is 0. The molecule has 120 valence electrons. The van der Waals surface area contributed by atoms with Crippen LogP contribution in [0.3, 0.4) is 0 Å². The maximum absolute atomic E-state index is 12.4. The van der Waals surface area contributed by atoms with Gasteiger partial charge in [-0.25, -0.2) is 0 Å². The van der Waals surface area contributed by atoms with Gasteiger partial charge in [0.15, 0.2) is 0 Å². The number of methoxy groups -OCH3 is 2. The van der Waals surface area contributed by atoms with E-state index in [0.717, 1.165) is 19.3 Å². The Morgan fingerprint density at radius 1 is 1.20 bits per heavy atom. The minimum atomic E-state index is -3.53. The van der Waals surface area contributed by atoms with Crippen molar-refractivity contribution in [3.8, 4) is 0 Å². The number of hydrogen-bond acceptors (Lipinski definition) is 5. The molecular formula is C12H27N3O4S. The Kier molecular flexibility index (Phi) is 7.93. The van der Waals surface area contributed by atoms with Crippen LogP contribution in [0.4, 0.5) is 0 Å². The van der Waals surface area contributed by atoms with E-state index < -0.39 is 10.2 Å². The zero-order valence-electron chi connectivity index (χ0n) is 12.4. The van der Waals surface area contributed by atoms with Crippen LogP contribution in [0.5, 0.6) is 0 Å². The molecule has 1 saturated carbocycles. The molecule has 0 saturated heterocycles. The van der Waals surface area contributed by atoms with Gasteiger partial charge in [-0.1, -0.05) is 6.42 Å². The van der Waals surface area contributed by atoms with Gasteiger partial charge >= 0.3 is 0 Å². The van der Waals surface area contributed by atoms with Gasteiger partial charge in [-0.05, 0) is 25.3 Å². The van der Waals surface area contributed by atoms with Crippen molar-refractivity contribution in [1.82, 2.24) is 9.03 Å². The van der Waals surface area contributed by atoms with Crippen LogP contribution in [-0.2, 0) is 19.7 Å². The first-order valence-corrected chi connectivity index (χ1v) is 8.44. The minimum Gasteiger partial charge on any atom is -0.383 e. The highest BCUT2D eigenvalue weighted by atomic mass is 32.2. The second-order valence-corrected chi connectivity index (χ2v) is 6.74. The summed E-state index contributed by atoms with van der Waals surface area (Å²) in [5, 5.41) is 0. The summed E-state index contributed by atoms with van der Waals surface area (Å²) >= 11 is 0. The third-order valence-corrected chi connectivity index (χ3v) is 5.34. The lowest BCUT2D eigenvalue weighted by atomic mass is 10.1. The minimum absolute atomic E-state index is 0.0578. The van der Waals surface area contributed by atoms with E-state index in [9.17, 15) is 8.42 Å². The summed E-state index contributed by atoms with van der Waals surface area (Å²) < 4.78 is 38.9. The predicted molar refractivity (Wildman–Crippen MR) is 77.6 cm³/mol. The molecule has 0 aromatic heterocycles. The molecule has 0 aromatic rings. The highest BCUT2D eigenvalue weighted by Crippen LogP contribution is 2.25. The number of nitrogens with two attached hydrogens (primary N) is 1. The van der Waals surface area contributed by atoms with Crippen molar-refractivity contribution in [3.05, 3.63) is 0 Å². The molecule has 3 N–H and O–H groups in total. The molecule has 0 heterocycles. The van der Waals surface area contributed by atoms with Crippen molar-refractivity contribution >= 4 is 10.2 Å². The third-order valence-electron chi connectivity index (χ3n) is 3.69. The summed E-state index contributed by atoms with van der Waals surface area (Å²) in [5.41, 5.74) is 5.69. The normalized spacial score (nSPS) is 23.6. The first-order chi connectivity index (χ1) is 9.55. The van der Waals surface area contributed by atoms with E-state index in [1.807, 2.05) is 0 Å². The van der Waals surface area contributed by atoms with Crippen molar-refractivity contribution < 1.29 is 17.9 Å². The molecule has 1 rings (SSSR count). The molecule has 1 aliphatic rings. The second kappa shape index (κ2) is 8.91. The van der Waals surface area contributed by atoms with Crippen molar-refractivity contribution in [2.24, 2.45) is 11.7 Å². The van der Waals surface area contributed by atoms with Crippen molar-refractivity contribution in [1.29, 1.82) is 0 Å². The first-order valence-electron chi connectivity index (χ1n) is 7.00. The standard InChI is InChI=1S/C12H27N3O4S/c1-18-8-6-15(7-9-19-2)20(16,17)14-12-5-3-4-11(12)10-13/h11-12,14H,3-10,13H2,1-2H3. The lowest BCUT2D eigenvalue weighted by Gasteiger charge is -2.26. The van der Waals surface area contributed by atoms with Crippen LogP contribution in [0.1, 0.15) is 19.3 Å². The van der Waals surface area contributed by atoms with Crippen molar-refractivity contribution in [2.45, 2.75) is 25.3 Å². The highest BCUT2D eigenvalue weighted by Gasteiger charge is 2.32. The van der Waals surface area contributed by atoms with Gasteiger partial charge in [0.05, 0.1) is 13.2 Å². The number of ether oxygens (including phenoxy) is 2. The van der Waals surface area contributed by atoms with E-state index in [0.29, 0.717) is 32.8 Å². The quantitative estimate of drug-likeness (QED) is 0.570. The molecule has 1 fully saturated rings. The van der Waals surface area contributed by atoms with Crippen LogP contribution < -0.4 is 10.5 Å². The van der Waals surface area contributed by atoms with Crippen LogP contribution in [0, 0.1) is 5.92 Å². The van der Waals surface area contributed by atoms with Gasteiger partial charge in [-0.3, -0.25) is 0 Å². The van der Waals surface area contributed by atoms with Crippen LogP contribution in [0.2, 0.25) is 0 Å². The SMILES string of the molecule is COCCN(CCOC)S(=O)(=O)NC1CCCC1CN. The predicted octanol–water partition coefficient (Wildman–Crippen LogP) is -0.457. The zero-order chi connectivity index (χ0) is 15.0. The smallest absolute Gasteiger partial charge is 0.279 e. The van der Waals surface area contributed by atoms with Gasteiger partial charge in [0.25, 0.3) is 10.2 Å². The van der Waals surface area contributed by atoms with Gasteiger partial charge in [-0.2, -0.15) is 17.4 Å². The summed E-state index contributed by atoms with van der Waals surface area (Å²) in [5.74, 6) is 0.233. The largest absolute Gasteiger partial charge is 0.383 e. The summed E-state index contributed by atoms with van der Waals surface area (Å²) in [6.07, 6.45) is 2.86. The zero-order valence-corrected chi connectivity index (χ0v) is 13.2. The van der Waals surface area contributed by atoms with Gasteiger partial charge < -0.3 is 15.2 Å². The molecule has 0 radical (unpaired) electrons. The van der Waals surface area contributed by atoms with Crippen molar-refractivity contribution in [2.75, 3.05) is 47.1 Å². The molecule has 0 amide bonds. The van der Waals surface area contributed by atoms with Crippen LogP contribution in [0.15, 0.2) is 0 Å². The van der Waals surface area contributed by atoms with E-state index in [1.165, 1.54) is 4.31 Å². The molecule has 0 bridgehead atoms. The third kappa shape index (κ3) is 5.27. The number of nitrogens with one attached hydrogen (secondary N) is 1. The fourth-order valence-corrected chi connectivity index (χ4v) is 3.95. The van der Waals surface area contributed by atoms with Crippen molar-refractivity contribution in [3.63, 3.8) is 0 Å². The van der Waals surface area contributed by atoms with E-state index in [-0.39, 0.29) is 12.0 Å². The number of nitrogens with zero attached hydrogens (tertiary/aromatic N) is 1. The second-order valence-electron chi connectivity index (χ2n) is 5.04. The Hall–Kier alpha value is -0.250. The number of hydrogen-bond donors (Lipinski definition) is 2. The van der Waals surface area contributed by atoms with Crippen LogP contribution in [-0.4, -0.2) is 65.8 Å². The fourth-order valence-electron chi connectivity index (χ4n) is 2.48. The Labute approximate surface area is 122 Å². The van der Waals surface area contributed by atoms with Gasteiger partial charge in [0.2, 0.25) is 0 Å². The summed E-state index contributed by atoms with van der Waals surface area (Å²) in [6, 6.07) is -0.0578. The molecule has 8 heteroatoms. The topological polar surface area (TPSA) is 93.9 Å². The molecule has 0 aromatic carbocycles. The number of rotatable bonds is 10. The first kappa shape index (κ1) is 17.8. The van der Waals surface area contributed by atoms with E-state index in [4.69, 9.17) is 15.2 Å². The molecule has 0 spiro atoms. The van der Waals surface area contributed by atoms with E-state index in [2.05, 4.69) is 4.72 Å². The summed E-state index contributed by atoms with van der Waals surface area (Å²) in [7, 11) is -0.422. The van der Waals surface area contributed by atoms with Gasteiger partial charge in [0, 0.05) is 33.4 Å². The summed E-state index contributed by atoms with van der Waals surface area (Å²) in [6.45, 7) is 1.86. The van der Waals surface area contributed by atoms with E-state index >= 15 is 0 Å². The van der Waals surface area contributed by atoms with Crippen LogP contribution in [0.25, 0.3) is 0 Å². The lowest BCUT2D eigenvalue weighted by Crippen LogP contribution is -2.49. The molecule has 7 nitrogen and oxygen atoms in total. The Morgan fingerprint density at radius 3 is 2.30 bits per heavy atom. The molecule has 2 atom stereocenters. The monoisotopic (exact) mass is 309 g/mol. The van der Waals surface area contributed by atoms with E-state index in [1.54, 1.807) is 14.2 Å². The Bertz CT molecular complexity index is 356. The molecule has 20 heavy (non-hydrogen) atoms. The fraction of sp³-hybridized carbons (Fsp3) is 1.00. The molecule has 0 aliphatic heterocycles. The average molecular weight is 309 g/mol. The lowest BCUT2D eigenvalue weighted by molar-refractivity contribution is 0.149. The highest BCUT2D eigenvalue weighted by molar-refractivity contribution is 7.87. The Morgan fingerprint density at radius 2 is 1.80 bits per heavy atom. The Balaban J connectivity index is 2.65. The van der Waals surface area contributed by atoms with Gasteiger partial charge in [-0.15, -0.1) is 0 Å².